The van der Waals surface area contributed by atoms with Gasteiger partial charge in [-0.3, -0.25) is 4.79 Å². The molecule has 6 nitrogen and oxygen atoms in total. The van der Waals surface area contributed by atoms with Crippen LogP contribution in [0.25, 0.3) is 6.08 Å². The third-order valence-electron chi connectivity index (χ3n) is 4.63. The molecular formula is C26H23ClN2O4. The number of rotatable bonds is 9. The Hall–Kier alpha value is -3.95. The van der Waals surface area contributed by atoms with Crippen molar-refractivity contribution in [2.45, 2.75) is 13.5 Å². The van der Waals surface area contributed by atoms with E-state index in [2.05, 4.69) is 5.32 Å². The summed E-state index contributed by atoms with van der Waals surface area (Å²) >= 11 is 6.20. The van der Waals surface area contributed by atoms with E-state index in [9.17, 15) is 10.1 Å². The van der Waals surface area contributed by atoms with E-state index >= 15 is 0 Å². The molecule has 0 radical (unpaired) electrons. The Balaban J connectivity index is 1.77. The molecule has 0 aromatic heterocycles. The summed E-state index contributed by atoms with van der Waals surface area (Å²) in [6.45, 7) is 2.57. The van der Waals surface area contributed by atoms with Crippen molar-refractivity contribution in [1.29, 1.82) is 5.26 Å². The van der Waals surface area contributed by atoms with E-state index in [0.29, 0.717) is 40.1 Å². The van der Waals surface area contributed by atoms with E-state index in [1.165, 1.54) is 6.08 Å². The highest BCUT2D eigenvalue weighted by Gasteiger charge is 2.12. The minimum Gasteiger partial charge on any atom is -0.497 e. The van der Waals surface area contributed by atoms with Gasteiger partial charge in [0.1, 0.15) is 24.0 Å². The summed E-state index contributed by atoms with van der Waals surface area (Å²) in [5.74, 6) is 1.20. The van der Waals surface area contributed by atoms with Crippen LogP contribution in [-0.2, 0) is 11.4 Å². The SMILES string of the molecule is CCOc1cc(/C=C(\C#N)C(=O)Nc2ccc(OC)cc2)ccc1OCc1ccccc1Cl. The second-order valence-corrected chi connectivity index (χ2v) is 7.28. The predicted molar refractivity (Wildman–Crippen MR) is 129 cm³/mol. The molecule has 1 amide bonds. The number of carbonyl (C=O) groups excluding carboxylic acids is 1. The van der Waals surface area contributed by atoms with Gasteiger partial charge >= 0.3 is 0 Å². The minimum absolute atomic E-state index is 0.0435. The first kappa shape index (κ1) is 23.7. The zero-order valence-corrected chi connectivity index (χ0v) is 19.1. The molecule has 0 atom stereocenters. The predicted octanol–water partition coefficient (Wildman–Crippen LogP) is 5.87. The molecule has 3 rings (SSSR count). The van der Waals surface area contributed by atoms with Crippen molar-refractivity contribution in [3.63, 3.8) is 0 Å². The van der Waals surface area contributed by atoms with E-state index in [1.807, 2.05) is 31.2 Å². The fraction of sp³-hybridized carbons (Fsp3) is 0.154. The highest BCUT2D eigenvalue weighted by atomic mass is 35.5. The molecule has 3 aromatic carbocycles. The number of hydrogen-bond acceptors (Lipinski definition) is 5. The first-order valence-electron chi connectivity index (χ1n) is 10.2. The van der Waals surface area contributed by atoms with E-state index < -0.39 is 5.91 Å². The van der Waals surface area contributed by atoms with Gasteiger partial charge in [0.2, 0.25) is 0 Å². The van der Waals surface area contributed by atoms with Crippen molar-refractivity contribution in [2.75, 3.05) is 19.0 Å². The summed E-state index contributed by atoms with van der Waals surface area (Å²) < 4.78 is 16.7. The molecule has 0 aliphatic rings. The van der Waals surface area contributed by atoms with Crippen LogP contribution >= 0.6 is 11.6 Å². The van der Waals surface area contributed by atoms with E-state index in [1.54, 1.807) is 55.6 Å². The molecule has 0 aliphatic carbocycles. The number of ether oxygens (including phenoxy) is 3. The third-order valence-corrected chi connectivity index (χ3v) is 5.00. The van der Waals surface area contributed by atoms with Gasteiger partial charge in [0.25, 0.3) is 5.91 Å². The second-order valence-electron chi connectivity index (χ2n) is 6.87. The number of amides is 1. The molecule has 0 aliphatic heterocycles. The topological polar surface area (TPSA) is 80.6 Å². The van der Waals surface area contributed by atoms with Crippen molar-refractivity contribution in [1.82, 2.24) is 0 Å². The van der Waals surface area contributed by atoms with E-state index in [4.69, 9.17) is 25.8 Å². The Kier molecular flexibility index (Phi) is 8.34. The van der Waals surface area contributed by atoms with Crippen LogP contribution in [0.15, 0.2) is 72.3 Å². The molecule has 0 unspecified atom stereocenters. The molecule has 0 fully saturated rings. The maximum Gasteiger partial charge on any atom is 0.266 e. The smallest absolute Gasteiger partial charge is 0.266 e. The number of halogens is 1. The fourth-order valence-corrected chi connectivity index (χ4v) is 3.15. The molecule has 168 valence electrons. The van der Waals surface area contributed by atoms with Gasteiger partial charge in [-0.1, -0.05) is 35.9 Å². The Morgan fingerprint density at radius 1 is 1.06 bits per heavy atom. The van der Waals surface area contributed by atoms with Gasteiger partial charge in [0.05, 0.1) is 13.7 Å². The zero-order chi connectivity index (χ0) is 23.6. The number of nitriles is 1. The molecule has 1 N–H and O–H groups in total. The highest BCUT2D eigenvalue weighted by Crippen LogP contribution is 2.31. The van der Waals surface area contributed by atoms with Crippen molar-refractivity contribution < 1.29 is 19.0 Å². The molecule has 0 bridgehead atoms. The lowest BCUT2D eigenvalue weighted by Crippen LogP contribution is -2.13. The fourth-order valence-electron chi connectivity index (χ4n) is 2.96. The lowest BCUT2D eigenvalue weighted by molar-refractivity contribution is -0.112. The Morgan fingerprint density at radius 2 is 1.82 bits per heavy atom. The largest absolute Gasteiger partial charge is 0.497 e. The average Bonchev–Trinajstić information content (AvgIpc) is 2.83. The lowest BCUT2D eigenvalue weighted by Gasteiger charge is -2.13. The number of nitrogens with zero attached hydrogens (tertiary/aromatic N) is 1. The van der Waals surface area contributed by atoms with E-state index in [-0.39, 0.29) is 12.2 Å². The first-order chi connectivity index (χ1) is 16.0. The normalized spacial score (nSPS) is 10.8. The molecule has 0 spiro atoms. The quantitative estimate of drug-likeness (QED) is 0.317. The minimum atomic E-state index is -0.514. The highest BCUT2D eigenvalue weighted by molar-refractivity contribution is 6.31. The van der Waals surface area contributed by atoms with Gasteiger partial charge < -0.3 is 19.5 Å². The van der Waals surface area contributed by atoms with Crippen molar-refractivity contribution in [3.8, 4) is 23.3 Å². The maximum absolute atomic E-state index is 12.6. The number of anilines is 1. The summed E-state index contributed by atoms with van der Waals surface area (Å²) in [4.78, 5) is 12.6. The molecule has 0 saturated carbocycles. The Bertz CT molecular complexity index is 1180. The summed E-state index contributed by atoms with van der Waals surface area (Å²) in [5.41, 5.74) is 2.00. The number of hydrogen-bond donors (Lipinski definition) is 1. The molecule has 0 heterocycles. The van der Waals surface area contributed by atoms with Crippen molar-refractivity contribution >= 4 is 29.3 Å². The summed E-state index contributed by atoms with van der Waals surface area (Å²) in [7, 11) is 1.56. The van der Waals surface area contributed by atoms with Crippen LogP contribution in [0, 0.1) is 11.3 Å². The molecule has 0 saturated heterocycles. The second kappa shape index (κ2) is 11.6. The van der Waals surface area contributed by atoms with Crippen molar-refractivity contribution in [3.05, 3.63) is 88.5 Å². The van der Waals surface area contributed by atoms with Crippen LogP contribution in [0.3, 0.4) is 0 Å². The lowest BCUT2D eigenvalue weighted by atomic mass is 10.1. The Morgan fingerprint density at radius 3 is 2.48 bits per heavy atom. The number of benzene rings is 3. The van der Waals surface area contributed by atoms with Crippen LogP contribution in [-0.4, -0.2) is 19.6 Å². The third kappa shape index (κ3) is 6.52. The average molecular weight is 463 g/mol. The number of carbonyl (C=O) groups is 1. The molecule has 3 aromatic rings. The number of nitrogens with one attached hydrogen (secondary N) is 1. The van der Waals surface area contributed by atoms with Gasteiger partial charge in [0.15, 0.2) is 11.5 Å². The van der Waals surface area contributed by atoms with Crippen LogP contribution < -0.4 is 19.5 Å². The summed E-state index contributed by atoms with van der Waals surface area (Å²) in [6, 6.07) is 21.5. The summed E-state index contributed by atoms with van der Waals surface area (Å²) in [6.07, 6.45) is 1.50. The van der Waals surface area contributed by atoms with Gasteiger partial charge in [-0.05, 0) is 61.0 Å². The summed E-state index contributed by atoms with van der Waals surface area (Å²) in [5, 5.41) is 12.8. The van der Waals surface area contributed by atoms with Crippen LogP contribution in [0.5, 0.6) is 17.2 Å². The van der Waals surface area contributed by atoms with Crippen LogP contribution in [0.2, 0.25) is 5.02 Å². The molecular weight excluding hydrogens is 440 g/mol. The van der Waals surface area contributed by atoms with Crippen LogP contribution in [0.4, 0.5) is 5.69 Å². The monoisotopic (exact) mass is 462 g/mol. The van der Waals surface area contributed by atoms with Crippen molar-refractivity contribution in [2.24, 2.45) is 0 Å². The Labute approximate surface area is 198 Å². The van der Waals surface area contributed by atoms with Gasteiger partial charge in [0, 0.05) is 16.3 Å². The van der Waals surface area contributed by atoms with Crippen LogP contribution in [0.1, 0.15) is 18.1 Å². The van der Waals surface area contributed by atoms with Gasteiger partial charge in [-0.25, -0.2) is 0 Å². The van der Waals surface area contributed by atoms with E-state index in [0.717, 1.165) is 5.56 Å². The van der Waals surface area contributed by atoms with Gasteiger partial charge in [-0.15, -0.1) is 0 Å². The zero-order valence-electron chi connectivity index (χ0n) is 18.3. The standard InChI is InChI=1S/C26H23ClN2O4/c1-3-32-25-15-18(8-13-24(25)33-17-19-6-4-5-7-23(19)27)14-20(16-28)26(30)29-21-9-11-22(31-2)12-10-21/h4-15H,3,17H2,1-2H3,(H,29,30)/b20-14+. The van der Waals surface area contributed by atoms with Gasteiger partial charge in [-0.2, -0.15) is 5.26 Å². The first-order valence-corrected chi connectivity index (χ1v) is 10.6. The maximum atomic E-state index is 12.6. The molecule has 7 heteroatoms. The number of methoxy groups -OCH3 is 1. The molecule has 33 heavy (non-hydrogen) atoms.